The van der Waals surface area contributed by atoms with Gasteiger partial charge < -0.3 is 9.13 Å². The number of allylic oxidation sites excluding steroid dienone is 4. The Kier molecular flexibility index (Phi) is 9.95. The molecule has 10 aromatic carbocycles. The van der Waals surface area contributed by atoms with E-state index >= 15 is 0 Å². The summed E-state index contributed by atoms with van der Waals surface area (Å²) in [6.07, 6.45) is 8.83. The summed E-state index contributed by atoms with van der Waals surface area (Å²) in [4.78, 5) is 10.7. The zero-order valence-electron chi connectivity index (χ0n) is 39.5. The van der Waals surface area contributed by atoms with Crippen molar-refractivity contribution in [2.24, 2.45) is 0 Å². The zero-order valence-corrected chi connectivity index (χ0v) is 39.5. The number of aromatic nitrogens is 4. The van der Waals surface area contributed by atoms with E-state index in [2.05, 4.69) is 252 Å². The van der Waals surface area contributed by atoms with Gasteiger partial charge in [0.05, 0.1) is 44.5 Å². The molecule has 0 spiro atoms. The highest BCUT2D eigenvalue weighted by Gasteiger charge is 2.20. The molecule has 72 heavy (non-hydrogen) atoms. The minimum Gasteiger partial charge on any atom is -0.309 e. The first-order valence-electron chi connectivity index (χ1n) is 24.9. The third-order valence-electron chi connectivity index (χ3n) is 14.6. The molecule has 13 aromatic rings. The van der Waals surface area contributed by atoms with Gasteiger partial charge in [0.2, 0.25) is 0 Å². The summed E-state index contributed by atoms with van der Waals surface area (Å²) in [5, 5.41) is 4.93. The summed E-state index contributed by atoms with van der Waals surface area (Å²) in [5.41, 5.74) is 22.2. The van der Waals surface area contributed by atoms with Crippen LogP contribution < -0.4 is 0 Å². The first-order chi connectivity index (χ1) is 35.7. The average molecular weight is 919 g/mol. The normalized spacial score (nSPS) is 12.6. The van der Waals surface area contributed by atoms with Crippen molar-refractivity contribution in [3.05, 3.63) is 260 Å². The van der Waals surface area contributed by atoms with E-state index in [-0.39, 0.29) is 0 Å². The number of rotatable bonds is 8. The molecule has 0 amide bonds. The molecule has 4 heteroatoms. The Morgan fingerprint density at radius 1 is 0.306 bits per heavy atom. The van der Waals surface area contributed by atoms with E-state index < -0.39 is 0 Å². The highest BCUT2D eigenvalue weighted by Crippen LogP contribution is 2.41. The Hall–Kier alpha value is -9.38. The summed E-state index contributed by atoms with van der Waals surface area (Å²) in [5.74, 6) is 0. The molecule has 3 heterocycles. The standard InChI is InChI=1S/C68H46N4/c1-5-15-45(16-6-1)51-29-37-63-57(41-51)58-42-52(46-17-7-2-8-18-46)30-38-64(58)71(63)55-33-25-49(26-34-55)67-68(70-62-24-14-13-23-61(62)69-67)50-27-35-56(36-28-50)72-65-39-31-53(47-19-9-3-10-20-47)43-59(65)60-44-54(32-40-66(60)72)48-21-11-4-12-22-48/h1-11,13-21,23-44H,12,22H2. The van der Waals surface area contributed by atoms with E-state index in [4.69, 9.17) is 9.97 Å². The summed E-state index contributed by atoms with van der Waals surface area (Å²) < 4.78 is 4.81. The molecule has 4 nitrogen and oxygen atoms in total. The highest BCUT2D eigenvalue weighted by molar-refractivity contribution is 6.13. The van der Waals surface area contributed by atoms with Gasteiger partial charge >= 0.3 is 0 Å². The predicted molar refractivity (Wildman–Crippen MR) is 302 cm³/mol. The molecule has 0 atom stereocenters. The van der Waals surface area contributed by atoms with Crippen LogP contribution in [0.3, 0.4) is 0 Å². The lowest BCUT2D eigenvalue weighted by molar-refractivity contribution is 1.05. The second-order valence-corrected chi connectivity index (χ2v) is 18.9. The molecule has 338 valence electrons. The van der Waals surface area contributed by atoms with Crippen LogP contribution in [-0.4, -0.2) is 19.1 Å². The second kappa shape index (κ2) is 17.2. The third-order valence-corrected chi connectivity index (χ3v) is 14.6. The predicted octanol–water partition coefficient (Wildman–Crippen LogP) is 17.9. The molecule has 0 saturated heterocycles. The van der Waals surface area contributed by atoms with Crippen LogP contribution in [0.15, 0.2) is 255 Å². The van der Waals surface area contributed by atoms with E-state index in [1.807, 2.05) is 12.1 Å². The molecule has 0 unspecified atom stereocenters. The van der Waals surface area contributed by atoms with Crippen LogP contribution in [0.1, 0.15) is 18.4 Å². The summed E-state index contributed by atoms with van der Waals surface area (Å²) in [7, 11) is 0. The van der Waals surface area contributed by atoms with Gasteiger partial charge in [-0.1, -0.05) is 170 Å². The van der Waals surface area contributed by atoms with E-state index in [9.17, 15) is 0 Å². The van der Waals surface area contributed by atoms with Crippen molar-refractivity contribution in [3.63, 3.8) is 0 Å². The molecule has 14 rings (SSSR count). The Morgan fingerprint density at radius 3 is 1.03 bits per heavy atom. The molecule has 0 fully saturated rings. The molecular weight excluding hydrogens is 873 g/mol. The average Bonchev–Trinajstić information content (AvgIpc) is 3.97. The number of nitrogens with zero attached hydrogens (tertiary/aromatic N) is 4. The van der Waals surface area contributed by atoms with E-state index in [1.54, 1.807) is 0 Å². The summed E-state index contributed by atoms with van der Waals surface area (Å²) in [6.45, 7) is 0. The van der Waals surface area contributed by atoms with Crippen LogP contribution in [0, 0.1) is 0 Å². The van der Waals surface area contributed by atoms with Crippen LogP contribution in [0.5, 0.6) is 0 Å². The van der Waals surface area contributed by atoms with Crippen LogP contribution >= 0.6 is 0 Å². The second-order valence-electron chi connectivity index (χ2n) is 18.9. The van der Waals surface area contributed by atoms with Crippen LogP contribution in [0.4, 0.5) is 0 Å². The number of hydrogen-bond acceptors (Lipinski definition) is 2. The minimum atomic E-state index is 0.847. The number of hydrogen-bond donors (Lipinski definition) is 0. The molecule has 0 bridgehead atoms. The monoisotopic (exact) mass is 918 g/mol. The van der Waals surface area contributed by atoms with E-state index in [1.165, 1.54) is 77.1 Å². The van der Waals surface area contributed by atoms with Crippen molar-refractivity contribution >= 4 is 60.2 Å². The minimum absolute atomic E-state index is 0.847. The summed E-state index contributed by atoms with van der Waals surface area (Å²) in [6, 6.07) is 85.6. The van der Waals surface area contributed by atoms with Gasteiger partial charge in [0.1, 0.15) is 0 Å². The molecule has 1 aliphatic carbocycles. The van der Waals surface area contributed by atoms with Gasteiger partial charge in [-0.25, -0.2) is 9.97 Å². The topological polar surface area (TPSA) is 35.6 Å². The van der Waals surface area contributed by atoms with Crippen molar-refractivity contribution in [1.82, 2.24) is 19.1 Å². The Balaban J connectivity index is 0.872. The van der Waals surface area contributed by atoms with Gasteiger partial charge in [0.15, 0.2) is 0 Å². The largest absolute Gasteiger partial charge is 0.309 e. The molecule has 0 radical (unpaired) electrons. The number of para-hydroxylation sites is 2. The first kappa shape index (κ1) is 41.6. The van der Waals surface area contributed by atoms with Gasteiger partial charge in [-0.05, 0) is 142 Å². The first-order valence-corrected chi connectivity index (χ1v) is 24.9. The molecule has 0 N–H and O–H groups in total. The van der Waals surface area contributed by atoms with Gasteiger partial charge in [0.25, 0.3) is 0 Å². The van der Waals surface area contributed by atoms with Gasteiger partial charge in [-0.15, -0.1) is 0 Å². The zero-order chi connectivity index (χ0) is 47.5. The van der Waals surface area contributed by atoms with Crippen molar-refractivity contribution in [1.29, 1.82) is 0 Å². The quantitative estimate of drug-likeness (QED) is 0.152. The molecule has 1 aliphatic rings. The van der Waals surface area contributed by atoms with Gasteiger partial charge in [-0.2, -0.15) is 0 Å². The maximum Gasteiger partial charge on any atom is 0.0973 e. The van der Waals surface area contributed by atoms with E-state index in [0.717, 1.165) is 68.8 Å². The third kappa shape index (κ3) is 7.15. The number of benzene rings is 10. The SMILES string of the molecule is C1=CCCC(c2ccc3c(c2)c2cc(-c4ccccc4)ccc2n3-c2ccc(-c3nc4ccccc4nc3-c3ccc(-n4c5ccc(-c6ccccc6)cc5c5cc(-c6ccccc6)ccc54)cc3)cc2)=C1. The summed E-state index contributed by atoms with van der Waals surface area (Å²) >= 11 is 0. The molecule has 0 aliphatic heterocycles. The highest BCUT2D eigenvalue weighted by atomic mass is 15.0. The fourth-order valence-corrected chi connectivity index (χ4v) is 11.0. The van der Waals surface area contributed by atoms with Crippen molar-refractivity contribution in [3.8, 4) is 67.3 Å². The lowest BCUT2D eigenvalue weighted by atomic mass is 9.95. The lowest BCUT2D eigenvalue weighted by Crippen LogP contribution is -1.98. The lowest BCUT2D eigenvalue weighted by Gasteiger charge is -2.14. The maximum atomic E-state index is 5.34. The fourth-order valence-electron chi connectivity index (χ4n) is 11.0. The maximum absolute atomic E-state index is 5.34. The van der Waals surface area contributed by atoms with Crippen molar-refractivity contribution in [2.45, 2.75) is 12.8 Å². The van der Waals surface area contributed by atoms with E-state index in [0.29, 0.717) is 0 Å². The Morgan fingerprint density at radius 2 is 0.653 bits per heavy atom. The Bertz CT molecular complexity index is 4180. The van der Waals surface area contributed by atoms with Gasteiger partial charge in [-0.3, -0.25) is 0 Å². The van der Waals surface area contributed by atoms with Crippen molar-refractivity contribution in [2.75, 3.05) is 0 Å². The van der Waals surface area contributed by atoms with Gasteiger partial charge in [0, 0.05) is 44.0 Å². The molecule has 3 aromatic heterocycles. The fraction of sp³-hybridized carbons (Fsp3) is 0.0294. The Labute approximate surface area is 417 Å². The molecule has 0 saturated carbocycles. The molecular formula is C68H46N4. The number of fused-ring (bicyclic) bond motifs is 7. The smallest absolute Gasteiger partial charge is 0.0973 e. The van der Waals surface area contributed by atoms with Crippen LogP contribution in [-0.2, 0) is 0 Å². The van der Waals surface area contributed by atoms with Crippen LogP contribution in [0.25, 0.3) is 127 Å². The van der Waals surface area contributed by atoms with Crippen molar-refractivity contribution < 1.29 is 0 Å². The van der Waals surface area contributed by atoms with Crippen LogP contribution in [0.2, 0.25) is 0 Å².